The predicted molar refractivity (Wildman–Crippen MR) is 112 cm³/mol. The molecule has 0 aliphatic rings. The molecule has 0 radical (unpaired) electrons. The Kier molecular flexibility index (Phi) is 6.81. The quantitative estimate of drug-likeness (QED) is 0.472. The lowest BCUT2D eigenvalue weighted by Crippen LogP contribution is -2.37. The van der Waals surface area contributed by atoms with Gasteiger partial charge in [-0.1, -0.05) is 28.1 Å². The number of carbonyl (C=O) groups excluding carboxylic acids is 3. The lowest BCUT2D eigenvalue weighted by molar-refractivity contribution is -0.123. The van der Waals surface area contributed by atoms with Crippen molar-refractivity contribution in [2.45, 2.75) is 0 Å². The first-order valence-corrected chi connectivity index (χ1v) is 9.47. The minimum absolute atomic E-state index is 0.0865. The van der Waals surface area contributed by atoms with Gasteiger partial charge in [0.05, 0.1) is 12.8 Å². The average molecular weight is 473 g/mol. The first-order chi connectivity index (χ1) is 14.4. The first kappa shape index (κ1) is 21.1. The van der Waals surface area contributed by atoms with Crippen molar-refractivity contribution in [1.82, 2.24) is 15.5 Å². The number of benzene rings is 2. The van der Waals surface area contributed by atoms with Crippen LogP contribution in [0.5, 0.6) is 5.75 Å². The summed E-state index contributed by atoms with van der Waals surface area (Å²) in [5.41, 5.74) is 1.92. The number of ether oxygens (including phenoxy) is 2. The summed E-state index contributed by atoms with van der Waals surface area (Å²) >= 11 is 3.35. The Bertz CT molecular complexity index is 1050. The summed E-state index contributed by atoms with van der Waals surface area (Å²) in [5.74, 6) is -0.912. The van der Waals surface area contributed by atoms with E-state index in [1.165, 1.54) is 13.2 Å². The number of hydrogen-bond donors (Lipinski definition) is 3. The number of aromatic amines is 1. The molecule has 0 aliphatic carbocycles. The molecule has 0 bridgehead atoms. The third-order valence-corrected chi connectivity index (χ3v) is 4.40. The maximum atomic E-state index is 12.1. The number of rotatable bonds is 6. The van der Waals surface area contributed by atoms with Crippen LogP contribution in [0.3, 0.4) is 0 Å². The van der Waals surface area contributed by atoms with Crippen LogP contribution < -0.4 is 15.4 Å². The number of esters is 1. The number of anilines is 1. The third kappa shape index (κ3) is 5.67. The molecule has 30 heavy (non-hydrogen) atoms. The summed E-state index contributed by atoms with van der Waals surface area (Å²) in [4.78, 5) is 35.8. The number of H-pyrrole nitrogens is 1. The van der Waals surface area contributed by atoms with Gasteiger partial charge in [0.1, 0.15) is 11.4 Å². The van der Waals surface area contributed by atoms with Gasteiger partial charge in [0.2, 0.25) is 0 Å². The Labute approximate surface area is 179 Å². The van der Waals surface area contributed by atoms with Crippen molar-refractivity contribution in [2.75, 3.05) is 19.0 Å². The number of aromatic nitrogens is 2. The SMILES string of the molecule is COc1ccc(NC(=O)NC(=O)COC(=O)c2cc(-c3ccc(Br)cc3)n[nH]2)cc1. The standard InChI is InChI=1S/C20H17BrN4O5/c1-29-15-8-6-14(7-9-15)22-20(28)23-18(26)11-30-19(27)17-10-16(24-25-17)12-2-4-13(21)5-3-12/h2-10H,11H2,1H3,(H,24,25)(H2,22,23,26,28). The molecule has 0 spiro atoms. The Morgan fingerprint density at radius 1 is 1.07 bits per heavy atom. The van der Waals surface area contributed by atoms with Crippen molar-refractivity contribution in [1.29, 1.82) is 0 Å². The number of halogens is 1. The normalized spacial score (nSPS) is 10.2. The molecule has 2 aromatic carbocycles. The van der Waals surface area contributed by atoms with Crippen LogP contribution in [-0.4, -0.2) is 41.8 Å². The molecule has 0 unspecified atom stereocenters. The van der Waals surface area contributed by atoms with Crippen molar-refractivity contribution in [2.24, 2.45) is 0 Å². The van der Waals surface area contributed by atoms with Gasteiger partial charge in [0.15, 0.2) is 6.61 Å². The second kappa shape index (κ2) is 9.70. The summed E-state index contributed by atoms with van der Waals surface area (Å²) in [6, 6.07) is 14.7. The number of amides is 3. The summed E-state index contributed by atoms with van der Waals surface area (Å²) in [6.07, 6.45) is 0. The summed E-state index contributed by atoms with van der Waals surface area (Å²) < 4.78 is 10.9. The van der Waals surface area contributed by atoms with Crippen molar-refractivity contribution in [3.8, 4) is 17.0 Å². The molecule has 0 saturated heterocycles. The van der Waals surface area contributed by atoms with Crippen LogP contribution in [0.25, 0.3) is 11.3 Å². The Hall–Kier alpha value is -3.66. The molecule has 0 fully saturated rings. The highest BCUT2D eigenvalue weighted by Crippen LogP contribution is 2.20. The molecule has 0 saturated carbocycles. The molecule has 3 amide bonds. The van der Waals surface area contributed by atoms with Crippen LogP contribution >= 0.6 is 15.9 Å². The largest absolute Gasteiger partial charge is 0.497 e. The lowest BCUT2D eigenvalue weighted by Gasteiger charge is -2.07. The van der Waals surface area contributed by atoms with Crippen molar-refractivity contribution >= 4 is 39.5 Å². The summed E-state index contributed by atoms with van der Waals surface area (Å²) in [5, 5.41) is 11.2. The monoisotopic (exact) mass is 472 g/mol. The zero-order chi connectivity index (χ0) is 21.5. The number of carbonyl (C=O) groups is 3. The maximum absolute atomic E-state index is 12.1. The van der Waals surface area contributed by atoms with Gasteiger partial charge in [-0.15, -0.1) is 0 Å². The topological polar surface area (TPSA) is 122 Å². The fraction of sp³-hybridized carbons (Fsp3) is 0.100. The van der Waals surface area contributed by atoms with E-state index >= 15 is 0 Å². The predicted octanol–water partition coefficient (Wildman–Crippen LogP) is 3.35. The molecular formula is C20H17BrN4O5. The molecule has 3 N–H and O–H groups in total. The maximum Gasteiger partial charge on any atom is 0.356 e. The zero-order valence-corrected chi connectivity index (χ0v) is 17.4. The van der Waals surface area contributed by atoms with Crippen LogP contribution in [0.15, 0.2) is 59.1 Å². The molecule has 154 valence electrons. The molecule has 9 nitrogen and oxygen atoms in total. The summed E-state index contributed by atoms with van der Waals surface area (Å²) in [6.45, 7) is -0.624. The van der Waals surface area contributed by atoms with Crippen LogP contribution in [0.2, 0.25) is 0 Å². The van der Waals surface area contributed by atoms with Crippen LogP contribution in [0, 0.1) is 0 Å². The van der Waals surface area contributed by atoms with E-state index < -0.39 is 24.5 Å². The van der Waals surface area contributed by atoms with Gasteiger partial charge in [0.25, 0.3) is 5.91 Å². The van der Waals surface area contributed by atoms with Crippen LogP contribution in [-0.2, 0) is 9.53 Å². The molecule has 0 aliphatic heterocycles. The van der Waals surface area contributed by atoms with E-state index in [4.69, 9.17) is 9.47 Å². The highest BCUT2D eigenvalue weighted by Gasteiger charge is 2.15. The van der Waals surface area contributed by atoms with E-state index in [0.29, 0.717) is 17.1 Å². The molecule has 1 heterocycles. The van der Waals surface area contributed by atoms with Crippen molar-refractivity contribution < 1.29 is 23.9 Å². The van der Waals surface area contributed by atoms with E-state index in [2.05, 4.69) is 36.8 Å². The number of nitrogens with zero attached hydrogens (tertiary/aromatic N) is 1. The molecule has 1 aromatic heterocycles. The Morgan fingerprint density at radius 2 is 1.77 bits per heavy atom. The van der Waals surface area contributed by atoms with Gasteiger partial charge in [-0.25, -0.2) is 9.59 Å². The number of urea groups is 1. The minimum Gasteiger partial charge on any atom is -0.497 e. The molecule has 3 aromatic rings. The van der Waals surface area contributed by atoms with Crippen molar-refractivity contribution in [3.63, 3.8) is 0 Å². The highest BCUT2D eigenvalue weighted by molar-refractivity contribution is 9.10. The van der Waals surface area contributed by atoms with E-state index in [9.17, 15) is 14.4 Å². The van der Waals surface area contributed by atoms with Gasteiger partial charge in [0, 0.05) is 15.7 Å². The van der Waals surface area contributed by atoms with E-state index in [0.717, 1.165) is 10.0 Å². The fourth-order valence-corrected chi connectivity index (χ4v) is 2.67. The Morgan fingerprint density at radius 3 is 2.43 bits per heavy atom. The van der Waals surface area contributed by atoms with Gasteiger partial charge in [-0.05, 0) is 42.5 Å². The highest BCUT2D eigenvalue weighted by atomic mass is 79.9. The first-order valence-electron chi connectivity index (χ1n) is 8.68. The average Bonchev–Trinajstić information content (AvgIpc) is 3.23. The number of hydrogen-bond acceptors (Lipinski definition) is 6. The lowest BCUT2D eigenvalue weighted by atomic mass is 10.1. The fourth-order valence-electron chi connectivity index (χ4n) is 2.40. The van der Waals surface area contributed by atoms with Gasteiger partial charge >= 0.3 is 12.0 Å². The number of nitrogens with one attached hydrogen (secondary N) is 3. The van der Waals surface area contributed by atoms with Crippen molar-refractivity contribution in [3.05, 3.63) is 64.8 Å². The van der Waals surface area contributed by atoms with Gasteiger partial charge < -0.3 is 14.8 Å². The zero-order valence-electron chi connectivity index (χ0n) is 15.8. The minimum atomic E-state index is -0.776. The molecule has 0 atom stereocenters. The molecular weight excluding hydrogens is 456 g/mol. The van der Waals surface area contributed by atoms with Crippen LogP contribution in [0.1, 0.15) is 10.5 Å². The Balaban J connectivity index is 1.47. The molecule has 10 heteroatoms. The van der Waals surface area contributed by atoms with Gasteiger partial charge in [-0.3, -0.25) is 15.2 Å². The third-order valence-electron chi connectivity index (χ3n) is 3.87. The smallest absolute Gasteiger partial charge is 0.356 e. The van der Waals surface area contributed by atoms with E-state index in [1.54, 1.807) is 24.3 Å². The number of imide groups is 1. The van der Waals surface area contributed by atoms with Crippen LogP contribution in [0.4, 0.5) is 10.5 Å². The second-order valence-corrected chi connectivity index (χ2v) is 6.90. The van der Waals surface area contributed by atoms with E-state index in [1.807, 2.05) is 24.3 Å². The van der Waals surface area contributed by atoms with E-state index in [-0.39, 0.29) is 5.69 Å². The molecule has 3 rings (SSSR count). The van der Waals surface area contributed by atoms with Gasteiger partial charge in [-0.2, -0.15) is 5.10 Å². The number of methoxy groups -OCH3 is 1. The summed E-state index contributed by atoms with van der Waals surface area (Å²) in [7, 11) is 1.53. The second-order valence-electron chi connectivity index (χ2n) is 5.98.